The van der Waals surface area contributed by atoms with Crippen molar-refractivity contribution in [3.05, 3.63) is 23.8 Å². The lowest BCUT2D eigenvalue weighted by Crippen LogP contribution is -2.36. The smallest absolute Gasteiger partial charge is 0.161 e. The van der Waals surface area contributed by atoms with E-state index < -0.39 is 0 Å². The number of hydrogen-bond donors (Lipinski definition) is 1. The highest BCUT2D eigenvalue weighted by Crippen LogP contribution is 2.35. The average molecular weight is 288 g/mol. The van der Waals surface area contributed by atoms with Gasteiger partial charge in [-0.15, -0.1) is 12.4 Å². The summed E-state index contributed by atoms with van der Waals surface area (Å²) in [7, 11) is 3.30. The predicted octanol–water partition coefficient (Wildman–Crippen LogP) is 3.88. The molecule has 0 bridgehead atoms. The molecule has 0 radical (unpaired) electrons. The van der Waals surface area contributed by atoms with Crippen molar-refractivity contribution in [2.75, 3.05) is 14.2 Å². The lowest BCUT2D eigenvalue weighted by atomic mass is 9.82. The summed E-state index contributed by atoms with van der Waals surface area (Å²) in [6, 6.07) is 5.98. The molecule has 0 unspecified atom stereocenters. The molecule has 4 heteroatoms. The van der Waals surface area contributed by atoms with Crippen LogP contribution in [0.5, 0.6) is 11.5 Å². The molecule has 1 rings (SSSR count). The van der Waals surface area contributed by atoms with Crippen LogP contribution in [0.4, 0.5) is 0 Å². The molecule has 2 N–H and O–H groups in total. The van der Waals surface area contributed by atoms with E-state index in [9.17, 15) is 0 Å². The Hall–Kier alpha value is -0.930. The van der Waals surface area contributed by atoms with Crippen LogP contribution < -0.4 is 15.2 Å². The predicted molar refractivity (Wildman–Crippen MR) is 82.5 cm³/mol. The van der Waals surface area contributed by atoms with Gasteiger partial charge in [0.15, 0.2) is 11.5 Å². The van der Waals surface area contributed by atoms with Crippen LogP contribution in [0.3, 0.4) is 0 Å². The third-order valence-corrected chi connectivity index (χ3v) is 3.35. The van der Waals surface area contributed by atoms with Gasteiger partial charge in [0, 0.05) is 5.54 Å². The highest BCUT2D eigenvalue weighted by atomic mass is 35.5. The maximum Gasteiger partial charge on any atom is 0.161 e. The Bertz CT molecular complexity index is 376. The number of halogens is 1. The Labute approximate surface area is 122 Å². The van der Waals surface area contributed by atoms with Gasteiger partial charge >= 0.3 is 0 Å². The first kappa shape index (κ1) is 18.1. The van der Waals surface area contributed by atoms with Crippen LogP contribution in [0.1, 0.15) is 45.1 Å². The van der Waals surface area contributed by atoms with Gasteiger partial charge in [-0.3, -0.25) is 0 Å². The normalized spacial score (nSPS) is 10.8. The second-order valence-corrected chi connectivity index (χ2v) is 4.73. The lowest BCUT2D eigenvalue weighted by Gasteiger charge is -2.30. The molecular formula is C15H26ClNO2. The van der Waals surface area contributed by atoms with Crippen LogP contribution >= 0.6 is 12.4 Å². The molecule has 0 fully saturated rings. The van der Waals surface area contributed by atoms with Crippen molar-refractivity contribution in [2.45, 2.75) is 45.1 Å². The minimum atomic E-state index is -0.261. The van der Waals surface area contributed by atoms with Gasteiger partial charge in [-0.1, -0.05) is 32.8 Å². The fourth-order valence-corrected chi connectivity index (χ4v) is 2.45. The van der Waals surface area contributed by atoms with Gasteiger partial charge in [0.2, 0.25) is 0 Å². The molecule has 0 saturated carbocycles. The minimum Gasteiger partial charge on any atom is -0.493 e. The van der Waals surface area contributed by atoms with Crippen molar-refractivity contribution >= 4 is 12.4 Å². The van der Waals surface area contributed by atoms with E-state index in [4.69, 9.17) is 15.2 Å². The molecule has 0 heterocycles. The van der Waals surface area contributed by atoms with Crippen LogP contribution in [0.25, 0.3) is 0 Å². The first-order valence-electron chi connectivity index (χ1n) is 6.62. The van der Waals surface area contributed by atoms with Crippen molar-refractivity contribution in [3.63, 3.8) is 0 Å². The second kappa shape index (κ2) is 8.28. The Morgan fingerprint density at radius 2 is 1.53 bits per heavy atom. The number of nitrogens with two attached hydrogens (primary N) is 1. The van der Waals surface area contributed by atoms with E-state index in [-0.39, 0.29) is 17.9 Å². The Balaban J connectivity index is 0.00000324. The molecule has 0 saturated heterocycles. The zero-order valence-electron chi connectivity index (χ0n) is 12.4. The monoisotopic (exact) mass is 287 g/mol. The number of methoxy groups -OCH3 is 2. The minimum absolute atomic E-state index is 0. The molecule has 0 aromatic heterocycles. The molecule has 0 aliphatic carbocycles. The molecular weight excluding hydrogens is 262 g/mol. The third kappa shape index (κ3) is 4.29. The SMILES string of the molecule is CCCC(N)(CCC)c1ccc(OC)c(OC)c1.Cl. The maximum absolute atomic E-state index is 6.56. The van der Waals surface area contributed by atoms with E-state index in [1.165, 1.54) is 0 Å². The standard InChI is InChI=1S/C15H25NO2.ClH/c1-5-9-15(16,10-6-2)12-7-8-13(17-3)14(11-12)18-4;/h7-8,11H,5-6,9-10,16H2,1-4H3;1H. The zero-order chi connectivity index (χ0) is 13.6. The van der Waals surface area contributed by atoms with Crippen LogP contribution in [0, 0.1) is 0 Å². The van der Waals surface area contributed by atoms with Gasteiger partial charge in [0.25, 0.3) is 0 Å². The molecule has 0 atom stereocenters. The fourth-order valence-electron chi connectivity index (χ4n) is 2.45. The van der Waals surface area contributed by atoms with Crippen LogP contribution in [-0.2, 0) is 5.54 Å². The number of hydrogen-bond acceptors (Lipinski definition) is 3. The number of benzene rings is 1. The van der Waals surface area contributed by atoms with E-state index in [2.05, 4.69) is 13.8 Å². The highest BCUT2D eigenvalue weighted by molar-refractivity contribution is 5.85. The molecule has 110 valence electrons. The van der Waals surface area contributed by atoms with Crippen LogP contribution in [-0.4, -0.2) is 14.2 Å². The van der Waals surface area contributed by atoms with E-state index in [0.717, 1.165) is 42.7 Å². The zero-order valence-corrected chi connectivity index (χ0v) is 13.2. The molecule has 0 aliphatic rings. The number of rotatable bonds is 7. The summed E-state index contributed by atoms with van der Waals surface area (Å²) >= 11 is 0. The first-order valence-corrected chi connectivity index (χ1v) is 6.62. The summed E-state index contributed by atoms with van der Waals surface area (Å²) < 4.78 is 10.6. The van der Waals surface area contributed by atoms with Crippen molar-refractivity contribution in [1.82, 2.24) is 0 Å². The van der Waals surface area contributed by atoms with E-state index >= 15 is 0 Å². The van der Waals surface area contributed by atoms with Gasteiger partial charge in [-0.25, -0.2) is 0 Å². The third-order valence-electron chi connectivity index (χ3n) is 3.35. The fraction of sp³-hybridized carbons (Fsp3) is 0.600. The average Bonchev–Trinajstić information content (AvgIpc) is 2.38. The topological polar surface area (TPSA) is 44.5 Å². The summed E-state index contributed by atoms with van der Waals surface area (Å²) in [5, 5.41) is 0. The van der Waals surface area contributed by atoms with Gasteiger partial charge in [0.05, 0.1) is 14.2 Å². The van der Waals surface area contributed by atoms with Gasteiger partial charge < -0.3 is 15.2 Å². The maximum atomic E-state index is 6.56. The van der Waals surface area contributed by atoms with E-state index in [0.29, 0.717) is 0 Å². The Morgan fingerprint density at radius 1 is 1.00 bits per heavy atom. The first-order chi connectivity index (χ1) is 8.61. The molecule has 1 aromatic rings. The molecule has 0 aliphatic heterocycles. The van der Waals surface area contributed by atoms with Gasteiger partial charge in [-0.05, 0) is 30.5 Å². The quantitative estimate of drug-likeness (QED) is 0.828. The van der Waals surface area contributed by atoms with Crippen molar-refractivity contribution < 1.29 is 9.47 Å². The Kier molecular flexibility index (Phi) is 7.88. The largest absolute Gasteiger partial charge is 0.493 e. The van der Waals surface area contributed by atoms with Crippen molar-refractivity contribution in [1.29, 1.82) is 0 Å². The summed E-state index contributed by atoms with van der Waals surface area (Å²) in [4.78, 5) is 0. The van der Waals surface area contributed by atoms with Crippen molar-refractivity contribution in [3.8, 4) is 11.5 Å². The van der Waals surface area contributed by atoms with E-state index in [1.807, 2.05) is 18.2 Å². The summed E-state index contributed by atoms with van der Waals surface area (Å²) in [5.41, 5.74) is 7.43. The lowest BCUT2D eigenvalue weighted by molar-refractivity contribution is 0.344. The Morgan fingerprint density at radius 3 is 1.95 bits per heavy atom. The molecule has 3 nitrogen and oxygen atoms in total. The second-order valence-electron chi connectivity index (χ2n) is 4.73. The van der Waals surface area contributed by atoms with Crippen LogP contribution in [0.15, 0.2) is 18.2 Å². The van der Waals surface area contributed by atoms with E-state index in [1.54, 1.807) is 14.2 Å². The summed E-state index contributed by atoms with van der Waals surface area (Å²) in [5.74, 6) is 1.49. The molecule has 0 amide bonds. The van der Waals surface area contributed by atoms with Gasteiger partial charge in [-0.2, -0.15) is 0 Å². The van der Waals surface area contributed by atoms with Crippen molar-refractivity contribution in [2.24, 2.45) is 5.73 Å². The number of ether oxygens (including phenoxy) is 2. The molecule has 0 spiro atoms. The molecule has 1 aromatic carbocycles. The van der Waals surface area contributed by atoms with Gasteiger partial charge in [0.1, 0.15) is 0 Å². The highest BCUT2D eigenvalue weighted by Gasteiger charge is 2.26. The summed E-state index contributed by atoms with van der Waals surface area (Å²) in [6.07, 6.45) is 4.11. The summed E-state index contributed by atoms with van der Waals surface area (Å²) in [6.45, 7) is 4.33. The van der Waals surface area contributed by atoms with Crippen LogP contribution in [0.2, 0.25) is 0 Å². The molecule has 19 heavy (non-hydrogen) atoms.